The summed E-state index contributed by atoms with van der Waals surface area (Å²) >= 11 is 0. The van der Waals surface area contributed by atoms with Crippen molar-refractivity contribution < 1.29 is 23.8 Å². The number of carboxylic acids is 1. The number of carboxylic acid groups (broad SMARTS) is 1. The normalized spacial score (nSPS) is 12.3. The van der Waals surface area contributed by atoms with Crippen molar-refractivity contribution in [3.8, 4) is 17.1 Å². The molecular weight excluding hydrogens is 250 g/mol. The first-order chi connectivity index (χ1) is 9.19. The molecule has 0 spiro atoms. The Kier molecular flexibility index (Phi) is 2.37. The SMILES string of the molecule is O=C=C1Nc2cccc(-c3ccc(C(=O)O)o3)c2O1. The Morgan fingerprint density at radius 3 is 2.79 bits per heavy atom. The maximum atomic E-state index is 10.8. The third kappa shape index (κ3) is 1.76. The maximum Gasteiger partial charge on any atom is 0.371 e. The Bertz CT molecular complexity index is 724. The summed E-state index contributed by atoms with van der Waals surface area (Å²) in [7, 11) is 0. The Morgan fingerprint density at radius 1 is 1.26 bits per heavy atom. The fraction of sp³-hybridized carbons (Fsp3) is 0. The third-order valence-corrected chi connectivity index (χ3v) is 2.64. The summed E-state index contributed by atoms with van der Waals surface area (Å²) in [6.45, 7) is 0. The van der Waals surface area contributed by atoms with Gasteiger partial charge in [-0.1, -0.05) is 6.07 Å². The van der Waals surface area contributed by atoms with E-state index in [1.165, 1.54) is 12.1 Å². The maximum absolute atomic E-state index is 10.8. The van der Waals surface area contributed by atoms with Crippen LogP contribution in [0.1, 0.15) is 10.6 Å². The number of carbonyl (C=O) groups is 1. The topological polar surface area (TPSA) is 88.8 Å². The van der Waals surface area contributed by atoms with E-state index in [2.05, 4.69) is 5.32 Å². The van der Waals surface area contributed by atoms with E-state index in [9.17, 15) is 9.59 Å². The number of fused-ring (bicyclic) bond motifs is 1. The summed E-state index contributed by atoms with van der Waals surface area (Å²) in [5, 5.41) is 11.6. The van der Waals surface area contributed by atoms with Gasteiger partial charge < -0.3 is 19.6 Å². The minimum absolute atomic E-state index is 0.0348. The van der Waals surface area contributed by atoms with Crippen molar-refractivity contribution in [1.29, 1.82) is 0 Å². The average molecular weight is 257 g/mol. The van der Waals surface area contributed by atoms with Crippen molar-refractivity contribution >= 4 is 17.6 Å². The second-order valence-electron chi connectivity index (χ2n) is 3.81. The predicted molar refractivity (Wildman–Crippen MR) is 64.6 cm³/mol. The molecule has 2 heterocycles. The van der Waals surface area contributed by atoms with Crippen LogP contribution >= 0.6 is 0 Å². The molecule has 0 unspecified atom stereocenters. The fourth-order valence-electron chi connectivity index (χ4n) is 1.83. The van der Waals surface area contributed by atoms with Gasteiger partial charge in [0, 0.05) is 0 Å². The zero-order chi connectivity index (χ0) is 13.4. The summed E-state index contributed by atoms with van der Waals surface area (Å²) < 4.78 is 10.5. The van der Waals surface area contributed by atoms with E-state index in [1.54, 1.807) is 24.1 Å². The van der Waals surface area contributed by atoms with Crippen LogP contribution in [0.3, 0.4) is 0 Å². The Balaban J connectivity index is 2.10. The van der Waals surface area contributed by atoms with Crippen LogP contribution in [0.4, 0.5) is 5.69 Å². The first kappa shape index (κ1) is 11.1. The second kappa shape index (κ2) is 4.04. The van der Waals surface area contributed by atoms with Gasteiger partial charge in [-0.2, -0.15) is 0 Å². The first-order valence-electron chi connectivity index (χ1n) is 5.35. The van der Waals surface area contributed by atoms with Crippen molar-refractivity contribution in [1.82, 2.24) is 0 Å². The number of hydrogen-bond donors (Lipinski definition) is 2. The standard InChI is InChI=1S/C13H7NO5/c15-6-11-14-8-3-1-2-7(12(8)19-11)9-4-5-10(18-9)13(16)17/h1-5,14H,(H,16,17). The van der Waals surface area contributed by atoms with E-state index in [4.69, 9.17) is 14.3 Å². The second-order valence-corrected chi connectivity index (χ2v) is 3.81. The highest BCUT2D eigenvalue weighted by Gasteiger charge is 2.23. The first-order valence-corrected chi connectivity index (χ1v) is 5.35. The Hall–Kier alpha value is -2.98. The number of benzene rings is 1. The number of ether oxygens (including phenoxy) is 1. The molecule has 2 aromatic rings. The van der Waals surface area contributed by atoms with Crippen molar-refractivity contribution in [3.05, 3.63) is 42.0 Å². The summed E-state index contributed by atoms with van der Waals surface area (Å²) in [4.78, 5) is 21.4. The van der Waals surface area contributed by atoms with Crippen LogP contribution in [-0.4, -0.2) is 17.0 Å². The number of anilines is 1. The molecule has 6 nitrogen and oxygen atoms in total. The van der Waals surface area contributed by atoms with Gasteiger partial charge in [0.1, 0.15) is 5.76 Å². The average Bonchev–Trinajstić information content (AvgIpc) is 3.04. The molecule has 0 radical (unpaired) electrons. The lowest BCUT2D eigenvalue weighted by molar-refractivity contribution is 0.0663. The molecule has 0 atom stereocenters. The van der Waals surface area contributed by atoms with Gasteiger partial charge in [0.2, 0.25) is 5.76 Å². The number of para-hydroxylation sites is 1. The quantitative estimate of drug-likeness (QED) is 0.801. The molecular formula is C13H7NO5. The van der Waals surface area contributed by atoms with Gasteiger partial charge in [-0.25, -0.2) is 9.59 Å². The van der Waals surface area contributed by atoms with Crippen molar-refractivity contribution in [3.63, 3.8) is 0 Å². The Morgan fingerprint density at radius 2 is 2.11 bits per heavy atom. The van der Waals surface area contributed by atoms with E-state index in [0.717, 1.165) is 0 Å². The van der Waals surface area contributed by atoms with Crippen LogP contribution in [0.15, 0.2) is 40.6 Å². The Labute approximate surface area is 106 Å². The predicted octanol–water partition coefficient (Wildman–Crippen LogP) is 2.12. The van der Waals surface area contributed by atoms with Gasteiger partial charge in [0.05, 0.1) is 11.3 Å². The monoisotopic (exact) mass is 257 g/mol. The lowest BCUT2D eigenvalue weighted by Gasteiger charge is -2.02. The molecule has 19 heavy (non-hydrogen) atoms. The fourth-order valence-corrected chi connectivity index (χ4v) is 1.83. The molecule has 1 aromatic heterocycles. The summed E-state index contributed by atoms with van der Waals surface area (Å²) in [5.74, 6) is 1.04. The summed E-state index contributed by atoms with van der Waals surface area (Å²) in [6.07, 6.45) is 0. The zero-order valence-electron chi connectivity index (χ0n) is 9.47. The number of rotatable bonds is 2. The van der Waals surface area contributed by atoms with Crippen LogP contribution in [0.5, 0.6) is 5.75 Å². The number of furan rings is 1. The summed E-state index contributed by atoms with van der Waals surface area (Å²) in [6, 6.07) is 8.06. The van der Waals surface area contributed by atoms with Crippen LogP contribution < -0.4 is 10.1 Å². The molecule has 94 valence electrons. The lowest BCUT2D eigenvalue weighted by Crippen LogP contribution is -1.96. The minimum Gasteiger partial charge on any atom is -0.475 e. The number of carbonyl (C=O) groups excluding carboxylic acids is 1. The molecule has 0 saturated heterocycles. The number of hydrogen-bond acceptors (Lipinski definition) is 5. The van der Waals surface area contributed by atoms with Crippen molar-refractivity contribution in [2.45, 2.75) is 0 Å². The zero-order valence-corrected chi connectivity index (χ0v) is 9.47. The highest BCUT2D eigenvalue weighted by molar-refractivity contribution is 5.86. The van der Waals surface area contributed by atoms with Gasteiger partial charge in [-0.05, 0) is 24.3 Å². The van der Waals surface area contributed by atoms with Crippen molar-refractivity contribution in [2.75, 3.05) is 5.32 Å². The van der Waals surface area contributed by atoms with Gasteiger partial charge in [-0.3, -0.25) is 0 Å². The smallest absolute Gasteiger partial charge is 0.371 e. The van der Waals surface area contributed by atoms with Gasteiger partial charge in [0.15, 0.2) is 11.7 Å². The van der Waals surface area contributed by atoms with Gasteiger partial charge in [0.25, 0.3) is 5.88 Å². The lowest BCUT2D eigenvalue weighted by atomic mass is 10.1. The minimum atomic E-state index is -1.15. The number of aromatic carboxylic acids is 1. The van der Waals surface area contributed by atoms with Crippen LogP contribution in [-0.2, 0) is 4.79 Å². The molecule has 6 heteroatoms. The third-order valence-electron chi connectivity index (χ3n) is 2.64. The molecule has 2 N–H and O–H groups in total. The molecule has 1 aliphatic heterocycles. The molecule has 0 aliphatic carbocycles. The van der Waals surface area contributed by atoms with Gasteiger partial charge in [-0.15, -0.1) is 0 Å². The molecule has 3 rings (SSSR count). The van der Waals surface area contributed by atoms with Crippen LogP contribution in [0.25, 0.3) is 11.3 Å². The van der Waals surface area contributed by atoms with Crippen LogP contribution in [0, 0.1) is 0 Å². The highest BCUT2D eigenvalue weighted by atomic mass is 16.5. The van der Waals surface area contributed by atoms with E-state index in [-0.39, 0.29) is 11.6 Å². The molecule has 0 saturated carbocycles. The molecule has 0 fully saturated rings. The van der Waals surface area contributed by atoms with E-state index < -0.39 is 5.97 Å². The molecule has 0 amide bonds. The van der Waals surface area contributed by atoms with Crippen molar-refractivity contribution in [2.24, 2.45) is 0 Å². The summed E-state index contributed by atoms with van der Waals surface area (Å²) in [5.41, 5.74) is 1.16. The molecule has 1 aromatic carbocycles. The van der Waals surface area contributed by atoms with Gasteiger partial charge >= 0.3 is 5.97 Å². The van der Waals surface area contributed by atoms with E-state index in [1.807, 2.05) is 0 Å². The molecule has 1 aliphatic rings. The molecule has 0 bridgehead atoms. The number of nitrogens with one attached hydrogen (secondary N) is 1. The van der Waals surface area contributed by atoms with E-state index >= 15 is 0 Å². The van der Waals surface area contributed by atoms with E-state index in [0.29, 0.717) is 22.8 Å². The largest absolute Gasteiger partial charge is 0.475 e. The highest BCUT2D eigenvalue weighted by Crippen LogP contribution is 2.41. The van der Waals surface area contributed by atoms with Crippen LogP contribution in [0.2, 0.25) is 0 Å².